The van der Waals surface area contributed by atoms with E-state index in [1.807, 2.05) is 0 Å². The smallest absolute Gasteiger partial charge is 0.0323 e. The highest BCUT2D eigenvalue weighted by atomic mass is 14.7. The van der Waals surface area contributed by atoms with Gasteiger partial charge in [-0.2, -0.15) is 0 Å². The lowest BCUT2D eigenvalue weighted by Crippen LogP contribution is -2.22. The van der Waals surface area contributed by atoms with Crippen LogP contribution in [0, 0.1) is 11.8 Å². The van der Waals surface area contributed by atoms with Gasteiger partial charge in [0.2, 0.25) is 0 Å². The van der Waals surface area contributed by atoms with Crippen molar-refractivity contribution >= 4 is 0 Å². The van der Waals surface area contributed by atoms with E-state index in [0.717, 1.165) is 5.92 Å². The predicted octanol–water partition coefficient (Wildman–Crippen LogP) is 5.25. The molecule has 1 fully saturated rings. The number of benzene rings is 1. The highest BCUT2D eigenvalue weighted by Gasteiger charge is 2.20. The molecule has 1 nitrogen and oxygen atoms in total. The maximum atomic E-state index is 6.54. The second-order valence-corrected chi connectivity index (χ2v) is 6.97. The average Bonchev–Trinajstić information content (AvgIpc) is 2.38. The Morgan fingerprint density at radius 1 is 0.950 bits per heavy atom. The summed E-state index contributed by atoms with van der Waals surface area (Å²) in [7, 11) is 0. The molecule has 0 aromatic heterocycles. The molecule has 0 heterocycles. The fraction of sp³-hybridized carbons (Fsp3) is 0.684. The third-order valence-corrected chi connectivity index (χ3v) is 4.67. The summed E-state index contributed by atoms with van der Waals surface area (Å²) >= 11 is 0. The van der Waals surface area contributed by atoms with Gasteiger partial charge < -0.3 is 5.73 Å². The average molecular weight is 273 g/mol. The first-order valence-electron chi connectivity index (χ1n) is 8.51. The Morgan fingerprint density at radius 2 is 1.50 bits per heavy atom. The Kier molecular flexibility index (Phi) is 6.09. The molecule has 1 unspecified atom stereocenters. The van der Waals surface area contributed by atoms with Crippen molar-refractivity contribution in [2.24, 2.45) is 17.6 Å². The molecule has 0 aliphatic heterocycles. The molecule has 0 bridgehead atoms. The molecule has 1 aliphatic carbocycles. The molecule has 112 valence electrons. The lowest BCUT2D eigenvalue weighted by Gasteiger charge is -2.26. The molecular formula is C19H31N. The molecular weight excluding hydrogens is 242 g/mol. The van der Waals surface area contributed by atoms with Crippen molar-refractivity contribution in [1.29, 1.82) is 0 Å². The number of hydrogen-bond acceptors (Lipinski definition) is 1. The maximum absolute atomic E-state index is 6.54. The standard InChI is InChI=1S/C19H31N/c1-15(2)14-16-10-12-18(13-11-16)19(20)17-8-6-4-3-5-7-9-17/h10-13,15,17,19H,3-9,14,20H2,1-2H3. The van der Waals surface area contributed by atoms with Crippen LogP contribution >= 0.6 is 0 Å². The van der Waals surface area contributed by atoms with E-state index in [4.69, 9.17) is 5.73 Å². The van der Waals surface area contributed by atoms with Crippen LogP contribution in [0.1, 0.15) is 76.0 Å². The van der Waals surface area contributed by atoms with E-state index in [-0.39, 0.29) is 6.04 Å². The molecule has 1 aromatic carbocycles. The second-order valence-electron chi connectivity index (χ2n) is 6.97. The van der Waals surface area contributed by atoms with Gasteiger partial charge in [0.25, 0.3) is 0 Å². The summed E-state index contributed by atoms with van der Waals surface area (Å²) in [6.45, 7) is 4.54. The van der Waals surface area contributed by atoms with Crippen molar-refractivity contribution in [3.05, 3.63) is 35.4 Å². The summed E-state index contributed by atoms with van der Waals surface area (Å²) in [5, 5.41) is 0. The van der Waals surface area contributed by atoms with Crippen molar-refractivity contribution in [2.45, 2.75) is 71.3 Å². The summed E-state index contributed by atoms with van der Waals surface area (Å²) in [4.78, 5) is 0. The van der Waals surface area contributed by atoms with Crippen LogP contribution in [0.25, 0.3) is 0 Å². The minimum absolute atomic E-state index is 0.237. The van der Waals surface area contributed by atoms with E-state index in [0.29, 0.717) is 5.92 Å². The summed E-state index contributed by atoms with van der Waals surface area (Å²) < 4.78 is 0. The molecule has 20 heavy (non-hydrogen) atoms. The Hall–Kier alpha value is -0.820. The van der Waals surface area contributed by atoms with E-state index in [9.17, 15) is 0 Å². The van der Waals surface area contributed by atoms with Gasteiger partial charge in [-0.05, 0) is 42.2 Å². The van der Waals surface area contributed by atoms with Crippen molar-refractivity contribution in [3.8, 4) is 0 Å². The zero-order valence-corrected chi connectivity index (χ0v) is 13.3. The third kappa shape index (κ3) is 4.63. The quantitative estimate of drug-likeness (QED) is 0.797. The van der Waals surface area contributed by atoms with E-state index in [1.165, 1.54) is 62.5 Å². The van der Waals surface area contributed by atoms with E-state index in [2.05, 4.69) is 38.1 Å². The van der Waals surface area contributed by atoms with Gasteiger partial charge >= 0.3 is 0 Å². The Bertz CT molecular complexity index is 371. The first-order chi connectivity index (χ1) is 9.66. The largest absolute Gasteiger partial charge is 0.324 e. The molecule has 2 N–H and O–H groups in total. The van der Waals surface area contributed by atoms with Crippen molar-refractivity contribution in [2.75, 3.05) is 0 Å². The van der Waals surface area contributed by atoms with E-state index >= 15 is 0 Å². The minimum atomic E-state index is 0.237. The highest BCUT2D eigenvalue weighted by molar-refractivity contribution is 5.25. The van der Waals surface area contributed by atoms with Gasteiger partial charge in [-0.1, -0.05) is 70.2 Å². The Labute approximate surface area is 125 Å². The first-order valence-corrected chi connectivity index (χ1v) is 8.51. The highest BCUT2D eigenvalue weighted by Crippen LogP contribution is 2.31. The van der Waals surface area contributed by atoms with Crippen LogP contribution in [-0.2, 0) is 6.42 Å². The van der Waals surface area contributed by atoms with E-state index < -0.39 is 0 Å². The summed E-state index contributed by atoms with van der Waals surface area (Å²) in [6, 6.07) is 9.32. The van der Waals surface area contributed by atoms with Gasteiger partial charge in [0.1, 0.15) is 0 Å². The molecule has 0 spiro atoms. The zero-order valence-electron chi connectivity index (χ0n) is 13.3. The molecule has 0 amide bonds. The van der Waals surface area contributed by atoms with Crippen LogP contribution in [0.4, 0.5) is 0 Å². The first kappa shape index (κ1) is 15.6. The molecule has 1 saturated carbocycles. The van der Waals surface area contributed by atoms with Crippen LogP contribution in [0.2, 0.25) is 0 Å². The molecule has 1 aliphatic rings. The fourth-order valence-corrected chi connectivity index (χ4v) is 3.47. The molecule has 0 saturated heterocycles. The van der Waals surface area contributed by atoms with Gasteiger partial charge in [-0.25, -0.2) is 0 Å². The lowest BCUT2D eigenvalue weighted by atomic mass is 9.83. The third-order valence-electron chi connectivity index (χ3n) is 4.67. The Morgan fingerprint density at radius 3 is 2.05 bits per heavy atom. The fourth-order valence-electron chi connectivity index (χ4n) is 3.47. The normalized spacial score (nSPS) is 19.6. The summed E-state index contributed by atoms with van der Waals surface area (Å²) in [5.74, 6) is 1.41. The summed E-state index contributed by atoms with van der Waals surface area (Å²) in [6.07, 6.45) is 10.7. The topological polar surface area (TPSA) is 26.0 Å². The molecule has 1 heteroatoms. The van der Waals surface area contributed by atoms with Crippen LogP contribution in [0.3, 0.4) is 0 Å². The number of hydrogen-bond donors (Lipinski definition) is 1. The van der Waals surface area contributed by atoms with Crippen molar-refractivity contribution in [1.82, 2.24) is 0 Å². The van der Waals surface area contributed by atoms with Gasteiger partial charge in [0.05, 0.1) is 0 Å². The van der Waals surface area contributed by atoms with Gasteiger partial charge in [-0.15, -0.1) is 0 Å². The molecule has 1 atom stereocenters. The van der Waals surface area contributed by atoms with Gasteiger partial charge in [0, 0.05) is 6.04 Å². The summed E-state index contributed by atoms with van der Waals surface area (Å²) in [5.41, 5.74) is 9.32. The van der Waals surface area contributed by atoms with Crippen LogP contribution in [-0.4, -0.2) is 0 Å². The van der Waals surface area contributed by atoms with Gasteiger partial charge in [-0.3, -0.25) is 0 Å². The number of rotatable bonds is 4. The van der Waals surface area contributed by atoms with Crippen LogP contribution in [0.5, 0.6) is 0 Å². The Balaban J connectivity index is 1.98. The van der Waals surface area contributed by atoms with Crippen LogP contribution < -0.4 is 5.73 Å². The van der Waals surface area contributed by atoms with E-state index in [1.54, 1.807) is 0 Å². The zero-order chi connectivity index (χ0) is 14.4. The van der Waals surface area contributed by atoms with Crippen LogP contribution in [0.15, 0.2) is 24.3 Å². The second kappa shape index (κ2) is 7.83. The van der Waals surface area contributed by atoms with Gasteiger partial charge in [0.15, 0.2) is 0 Å². The maximum Gasteiger partial charge on any atom is 0.0323 e. The van der Waals surface area contributed by atoms with Crippen molar-refractivity contribution < 1.29 is 0 Å². The molecule has 2 rings (SSSR count). The predicted molar refractivity (Wildman–Crippen MR) is 87.7 cm³/mol. The minimum Gasteiger partial charge on any atom is -0.324 e. The number of nitrogens with two attached hydrogens (primary N) is 1. The lowest BCUT2D eigenvalue weighted by molar-refractivity contribution is 0.327. The SMILES string of the molecule is CC(C)Cc1ccc(C(N)C2CCCCCCC2)cc1. The molecule has 0 radical (unpaired) electrons. The monoisotopic (exact) mass is 273 g/mol. The molecule has 1 aromatic rings. The van der Waals surface area contributed by atoms with Crippen molar-refractivity contribution in [3.63, 3.8) is 0 Å².